The van der Waals surface area contributed by atoms with Crippen LogP contribution < -0.4 is 15.4 Å². The predicted molar refractivity (Wildman–Crippen MR) is 85.0 cm³/mol. The van der Waals surface area contributed by atoms with E-state index in [0.717, 1.165) is 16.9 Å². The zero-order valence-corrected chi connectivity index (χ0v) is 12.7. The highest BCUT2D eigenvalue weighted by atomic mass is 35.5. The molecule has 0 spiro atoms. The number of ether oxygens (including phenoxy) is 1. The van der Waals surface area contributed by atoms with Crippen LogP contribution in [0.25, 0.3) is 0 Å². The summed E-state index contributed by atoms with van der Waals surface area (Å²) in [4.78, 5) is 11.7. The molecular formula is C16H17ClN2O2. The van der Waals surface area contributed by atoms with Crippen molar-refractivity contribution in [2.75, 3.05) is 12.0 Å². The summed E-state index contributed by atoms with van der Waals surface area (Å²) in [5.41, 5.74) is 2.77. The average Bonchev–Trinajstić information content (AvgIpc) is 2.46. The molecule has 2 aromatic carbocycles. The molecule has 2 rings (SSSR count). The monoisotopic (exact) mass is 304 g/mol. The second-order valence-corrected chi connectivity index (χ2v) is 5.00. The molecule has 0 bridgehead atoms. The molecule has 2 amide bonds. The summed E-state index contributed by atoms with van der Waals surface area (Å²) in [6.45, 7) is 4.08. The summed E-state index contributed by atoms with van der Waals surface area (Å²) in [6.07, 6.45) is 0. The third-order valence-corrected chi connectivity index (χ3v) is 3.47. The summed E-state index contributed by atoms with van der Waals surface area (Å²) in [7, 11) is 0. The van der Waals surface area contributed by atoms with Crippen molar-refractivity contribution in [1.29, 1.82) is 0 Å². The first-order chi connectivity index (χ1) is 10.1. The highest BCUT2D eigenvalue weighted by Gasteiger charge is 2.05. The minimum absolute atomic E-state index is 0.0839. The Balaban J connectivity index is 1.85. The SMILES string of the molecule is Cc1cccc(OCNC(=O)Nc2ccccc2Cl)c1C. The quantitative estimate of drug-likeness (QED) is 0.835. The normalized spacial score (nSPS) is 10.0. The standard InChI is InChI=1S/C16H17ClN2O2/c1-11-6-5-9-15(12(11)2)21-10-18-16(20)19-14-8-4-3-7-13(14)17/h3-9H,10H2,1-2H3,(H2,18,19,20). The Morgan fingerprint density at radius 3 is 2.67 bits per heavy atom. The molecule has 0 saturated heterocycles. The third-order valence-electron chi connectivity index (χ3n) is 3.14. The van der Waals surface area contributed by atoms with Crippen molar-refractivity contribution in [2.24, 2.45) is 0 Å². The van der Waals surface area contributed by atoms with Gasteiger partial charge in [-0.1, -0.05) is 35.9 Å². The van der Waals surface area contributed by atoms with Gasteiger partial charge < -0.3 is 15.4 Å². The molecule has 110 valence electrons. The summed E-state index contributed by atoms with van der Waals surface area (Å²) >= 11 is 5.96. The molecule has 2 N–H and O–H groups in total. The number of halogens is 1. The number of urea groups is 1. The molecule has 0 aliphatic heterocycles. The number of benzene rings is 2. The summed E-state index contributed by atoms with van der Waals surface area (Å²) in [6, 6.07) is 12.5. The van der Waals surface area contributed by atoms with Crippen molar-refractivity contribution < 1.29 is 9.53 Å². The summed E-state index contributed by atoms with van der Waals surface area (Å²) < 4.78 is 5.55. The highest BCUT2D eigenvalue weighted by molar-refractivity contribution is 6.33. The molecule has 0 unspecified atom stereocenters. The van der Waals surface area contributed by atoms with E-state index in [-0.39, 0.29) is 12.8 Å². The molecule has 0 fully saturated rings. The number of para-hydroxylation sites is 1. The first-order valence-electron chi connectivity index (χ1n) is 6.56. The lowest BCUT2D eigenvalue weighted by Crippen LogP contribution is -2.32. The fourth-order valence-corrected chi connectivity index (χ4v) is 1.97. The molecule has 0 radical (unpaired) electrons. The zero-order valence-electron chi connectivity index (χ0n) is 11.9. The van der Waals surface area contributed by atoms with Crippen LogP contribution in [0, 0.1) is 13.8 Å². The van der Waals surface area contributed by atoms with Gasteiger partial charge in [-0.25, -0.2) is 4.79 Å². The molecular weight excluding hydrogens is 288 g/mol. The van der Waals surface area contributed by atoms with E-state index < -0.39 is 0 Å². The number of amides is 2. The van der Waals surface area contributed by atoms with E-state index in [0.29, 0.717) is 10.7 Å². The smallest absolute Gasteiger partial charge is 0.321 e. The van der Waals surface area contributed by atoms with E-state index in [1.807, 2.05) is 32.0 Å². The van der Waals surface area contributed by atoms with Gasteiger partial charge in [0.1, 0.15) is 5.75 Å². The second-order valence-electron chi connectivity index (χ2n) is 4.60. The predicted octanol–water partition coefficient (Wildman–Crippen LogP) is 4.11. The highest BCUT2D eigenvalue weighted by Crippen LogP contribution is 2.21. The molecule has 5 heteroatoms. The van der Waals surface area contributed by atoms with E-state index in [2.05, 4.69) is 10.6 Å². The van der Waals surface area contributed by atoms with Crippen molar-refractivity contribution in [3.05, 3.63) is 58.6 Å². The fourth-order valence-electron chi connectivity index (χ4n) is 1.79. The van der Waals surface area contributed by atoms with Crippen LogP contribution in [0.4, 0.5) is 10.5 Å². The Hall–Kier alpha value is -2.20. The number of anilines is 1. The molecule has 21 heavy (non-hydrogen) atoms. The maximum atomic E-state index is 11.7. The lowest BCUT2D eigenvalue weighted by molar-refractivity contribution is 0.234. The summed E-state index contributed by atoms with van der Waals surface area (Å²) in [5.74, 6) is 0.757. The van der Waals surface area contributed by atoms with Gasteiger partial charge in [0.05, 0.1) is 10.7 Å². The first-order valence-corrected chi connectivity index (χ1v) is 6.94. The van der Waals surface area contributed by atoms with Gasteiger partial charge in [0.25, 0.3) is 0 Å². The topological polar surface area (TPSA) is 50.4 Å². The van der Waals surface area contributed by atoms with Crippen molar-refractivity contribution >= 4 is 23.3 Å². The van der Waals surface area contributed by atoms with Crippen LogP contribution in [0.1, 0.15) is 11.1 Å². The summed E-state index contributed by atoms with van der Waals surface area (Å²) in [5, 5.41) is 5.77. The van der Waals surface area contributed by atoms with Crippen LogP contribution in [0.15, 0.2) is 42.5 Å². The molecule has 0 atom stereocenters. The number of carbonyl (C=O) groups excluding carboxylic acids is 1. The largest absolute Gasteiger partial charge is 0.473 e. The number of hydrogen-bond donors (Lipinski definition) is 2. The number of carbonyl (C=O) groups is 1. The Morgan fingerprint density at radius 1 is 1.14 bits per heavy atom. The van der Waals surface area contributed by atoms with E-state index in [9.17, 15) is 4.79 Å². The zero-order chi connectivity index (χ0) is 15.2. The van der Waals surface area contributed by atoms with Crippen molar-refractivity contribution in [2.45, 2.75) is 13.8 Å². The number of aryl methyl sites for hydroxylation is 1. The van der Waals surface area contributed by atoms with Gasteiger partial charge in [-0.2, -0.15) is 0 Å². The van der Waals surface area contributed by atoms with E-state index in [4.69, 9.17) is 16.3 Å². The molecule has 0 aliphatic rings. The van der Waals surface area contributed by atoms with Crippen LogP contribution in [-0.4, -0.2) is 12.8 Å². The van der Waals surface area contributed by atoms with Crippen molar-refractivity contribution in [3.8, 4) is 5.75 Å². The average molecular weight is 305 g/mol. The first kappa shape index (κ1) is 15.2. The molecule has 0 aromatic heterocycles. The molecule has 0 heterocycles. The lowest BCUT2D eigenvalue weighted by atomic mass is 10.1. The van der Waals surface area contributed by atoms with Gasteiger partial charge in [-0.05, 0) is 43.2 Å². The number of nitrogens with one attached hydrogen (secondary N) is 2. The minimum atomic E-state index is -0.367. The Labute approximate surface area is 129 Å². The number of rotatable bonds is 4. The van der Waals surface area contributed by atoms with Gasteiger partial charge in [0.15, 0.2) is 6.73 Å². The van der Waals surface area contributed by atoms with E-state index in [1.54, 1.807) is 24.3 Å². The molecule has 2 aromatic rings. The minimum Gasteiger partial charge on any atom is -0.473 e. The Morgan fingerprint density at radius 2 is 1.90 bits per heavy atom. The van der Waals surface area contributed by atoms with Crippen molar-refractivity contribution in [1.82, 2.24) is 5.32 Å². The van der Waals surface area contributed by atoms with Crippen LogP contribution in [0.3, 0.4) is 0 Å². The van der Waals surface area contributed by atoms with Gasteiger partial charge in [-0.15, -0.1) is 0 Å². The van der Waals surface area contributed by atoms with Crippen molar-refractivity contribution in [3.63, 3.8) is 0 Å². The lowest BCUT2D eigenvalue weighted by Gasteiger charge is -2.12. The maximum absolute atomic E-state index is 11.7. The van der Waals surface area contributed by atoms with E-state index in [1.165, 1.54) is 0 Å². The van der Waals surface area contributed by atoms with Gasteiger partial charge >= 0.3 is 6.03 Å². The van der Waals surface area contributed by atoms with Gasteiger partial charge in [0, 0.05) is 0 Å². The van der Waals surface area contributed by atoms with Gasteiger partial charge in [0.2, 0.25) is 0 Å². The Bertz CT molecular complexity index is 644. The fraction of sp³-hybridized carbons (Fsp3) is 0.188. The molecule has 0 saturated carbocycles. The maximum Gasteiger partial charge on any atom is 0.321 e. The third kappa shape index (κ3) is 4.13. The van der Waals surface area contributed by atoms with E-state index >= 15 is 0 Å². The van der Waals surface area contributed by atoms with Gasteiger partial charge in [-0.3, -0.25) is 0 Å². The van der Waals surface area contributed by atoms with Crippen LogP contribution in [0.5, 0.6) is 5.75 Å². The number of hydrogen-bond acceptors (Lipinski definition) is 2. The Kier molecular flexibility index (Phi) is 5.06. The molecule has 4 nitrogen and oxygen atoms in total. The second kappa shape index (κ2) is 6.99. The van der Waals surface area contributed by atoms with Crippen LogP contribution in [-0.2, 0) is 0 Å². The molecule has 0 aliphatic carbocycles. The van der Waals surface area contributed by atoms with Crippen LogP contribution in [0.2, 0.25) is 5.02 Å². The van der Waals surface area contributed by atoms with Crippen LogP contribution >= 0.6 is 11.6 Å².